The van der Waals surface area contributed by atoms with Crippen molar-refractivity contribution in [1.29, 1.82) is 0 Å². The number of aliphatic imine (C=N–C) groups is 2. The molecule has 7 nitrogen and oxygen atoms in total. The smallest absolute Gasteiger partial charge is 0.125 e. The lowest BCUT2D eigenvalue weighted by Gasteiger charge is -2.40. The lowest BCUT2D eigenvalue weighted by atomic mass is 9.73. The minimum Gasteiger partial charge on any atom is -0.385 e. The van der Waals surface area contributed by atoms with Crippen molar-refractivity contribution in [2.45, 2.75) is 24.9 Å². The van der Waals surface area contributed by atoms with Gasteiger partial charge in [-0.15, -0.1) is 0 Å². The monoisotopic (exact) mass is 451 g/mol. The maximum Gasteiger partial charge on any atom is 0.125 e. The zero-order chi connectivity index (χ0) is 23.2. The van der Waals surface area contributed by atoms with E-state index in [1.165, 1.54) is 12.8 Å². The number of amidine groups is 2. The average Bonchev–Trinajstić information content (AvgIpc) is 3.21. The van der Waals surface area contributed by atoms with Crippen LogP contribution in [-0.2, 0) is 0 Å². The highest BCUT2D eigenvalue weighted by Gasteiger charge is 2.45. The highest BCUT2D eigenvalue weighted by Crippen LogP contribution is 2.43. The maximum absolute atomic E-state index is 6.43. The Morgan fingerprint density at radius 2 is 1.91 bits per heavy atom. The van der Waals surface area contributed by atoms with E-state index >= 15 is 0 Å². The molecule has 0 amide bonds. The fourth-order valence-corrected chi connectivity index (χ4v) is 5.48. The quantitative estimate of drug-likeness (QED) is 0.637. The van der Waals surface area contributed by atoms with Crippen LogP contribution in [0.1, 0.15) is 24.4 Å². The molecule has 34 heavy (non-hydrogen) atoms. The van der Waals surface area contributed by atoms with Gasteiger partial charge in [-0.1, -0.05) is 24.3 Å². The molecule has 3 aromatic rings. The number of benzene rings is 1. The zero-order valence-corrected chi connectivity index (χ0v) is 19.5. The van der Waals surface area contributed by atoms with Gasteiger partial charge in [-0.3, -0.25) is 9.98 Å². The number of pyridine rings is 2. The van der Waals surface area contributed by atoms with Crippen LogP contribution in [0.3, 0.4) is 0 Å². The summed E-state index contributed by atoms with van der Waals surface area (Å²) in [5.41, 5.74) is 10.2. The topological polar surface area (TPSA) is 83.0 Å². The van der Waals surface area contributed by atoms with E-state index in [9.17, 15) is 0 Å². The van der Waals surface area contributed by atoms with E-state index < -0.39 is 0 Å². The van der Waals surface area contributed by atoms with Crippen LogP contribution >= 0.6 is 0 Å². The van der Waals surface area contributed by atoms with Crippen molar-refractivity contribution in [2.24, 2.45) is 27.6 Å². The summed E-state index contributed by atoms with van der Waals surface area (Å²) in [6, 6.07) is 16.3. The number of nitrogens with zero attached hydrogens (tertiary/aromatic N) is 6. The first kappa shape index (κ1) is 21.0. The largest absolute Gasteiger partial charge is 0.385 e. The van der Waals surface area contributed by atoms with E-state index in [1.54, 1.807) is 12.4 Å². The first-order valence-electron chi connectivity index (χ1n) is 11.9. The number of nitrogens with two attached hydrogens (primary N) is 1. The fraction of sp³-hybridized carbons (Fsp3) is 0.333. The second-order valence-corrected chi connectivity index (χ2v) is 9.80. The van der Waals surface area contributed by atoms with Crippen LogP contribution in [0.2, 0.25) is 0 Å². The summed E-state index contributed by atoms with van der Waals surface area (Å²) in [4.78, 5) is 23.6. The molecule has 7 heteroatoms. The van der Waals surface area contributed by atoms with E-state index in [1.807, 2.05) is 30.5 Å². The third kappa shape index (κ3) is 3.66. The Morgan fingerprint density at radius 1 is 1.06 bits per heavy atom. The molecule has 0 saturated heterocycles. The van der Waals surface area contributed by atoms with Crippen molar-refractivity contribution in [3.63, 3.8) is 0 Å². The molecule has 2 N–H and O–H groups in total. The summed E-state index contributed by atoms with van der Waals surface area (Å²) in [5, 5.41) is 1.10. The molecule has 1 saturated carbocycles. The normalized spacial score (nSPS) is 25.8. The van der Waals surface area contributed by atoms with Crippen LogP contribution in [0.5, 0.6) is 0 Å². The van der Waals surface area contributed by atoms with Gasteiger partial charge in [-0.25, -0.2) is 9.98 Å². The molecule has 0 spiro atoms. The summed E-state index contributed by atoms with van der Waals surface area (Å²) >= 11 is 0. The highest BCUT2D eigenvalue weighted by atomic mass is 15.3. The Labute approximate surface area is 199 Å². The molecule has 2 atom stereocenters. The van der Waals surface area contributed by atoms with E-state index in [0.717, 1.165) is 46.2 Å². The number of rotatable bonds is 5. The van der Waals surface area contributed by atoms with Crippen LogP contribution < -0.4 is 5.73 Å². The molecule has 6 rings (SSSR count). The number of hydrogen-bond donors (Lipinski definition) is 1. The third-order valence-electron chi connectivity index (χ3n) is 7.10. The Morgan fingerprint density at radius 3 is 2.71 bits per heavy atom. The van der Waals surface area contributed by atoms with Gasteiger partial charge in [0, 0.05) is 36.4 Å². The average molecular weight is 452 g/mol. The van der Waals surface area contributed by atoms with Gasteiger partial charge in [0.15, 0.2) is 0 Å². The van der Waals surface area contributed by atoms with Gasteiger partial charge in [-0.2, -0.15) is 0 Å². The zero-order valence-electron chi connectivity index (χ0n) is 19.5. The fourth-order valence-electron chi connectivity index (χ4n) is 5.48. The predicted molar refractivity (Wildman–Crippen MR) is 136 cm³/mol. The van der Waals surface area contributed by atoms with Gasteiger partial charge in [-0.05, 0) is 62.7 Å². The Kier molecular flexibility index (Phi) is 5.14. The summed E-state index contributed by atoms with van der Waals surface area (Å²) in [6.45, 7) is 1.13. The van der Waals surface area contributed by atoms with E-state index in [2.05, 4.69) is 58.1 Å². The second-order valence-electron chi connectivity index (χ2n) is 9.80. The standard InChI is InChI=1S/C27H29N7/c1-33(2)16-17-13-20(14-17)27-32-24(25-26(28)30-11-12-34(25)27)19-7-6-18-8-9-22(31-23(18)15-19)21-5-3-4-10-29-21/h3-12,15,17,20,24-25H,13-14,16H2,1-2H3,(H2,28,30). The summed E-state index contributed by atoms with van der Waals surface area (Å²) in [7, 11) is 4.29. The van der Waals surface area contributed by atoms with Crippen molar-refractivity contribution < 1.29 is 0 Å². The molecule has 4 heterocycles. The molecule has 2 aliphatic heterocycles. The van der Waals surface area contributed by atoms with Crippen molar-refractivity contribution >= 4 is 22.6 Å². The molecule has 0 bridgehead atoms. The maximum atomic E-state index is 6.43. The lowest BCUT2D eigenvalue weighted by Crippen LogP contribution is -2.48. The summed E-state index contributed by atoms with van der Waals surface area (Å²) in [6.07, 6.45) is 7.97. The predicted octanol–water partition coefficient (Wildman–Crippen LogP) is 3.85. The van der Waals surface area contributed by atoms with E-state index in [4.69, 9.17) is 15.7 Å². The molecule has 172 valence electrons. The molecule has 2 aromatic heterocycles. The molecular weight excluding hydrogens is 422 g/mol. The second kappa shape index (κ2) is 8.33. The van der Waals surface area contributed by atoms with Gasteiger partial charge in [0.1, 0.15) is 23.8 Å². The Bertz CT molecular complexity index is 1310. The summed E-state index contributed by atoms with van der Waals surface area (Å²) in [5.74, 6) is 2.97. The van der Waals surface area contributed by atoms with Crippen LogP contribution in [0.25, 0.3) is 22.3 Å². The van der Waals surface area contributed by atoms with Crippen LogP contribution in [-0.4, -0.2) is 58.1 Å². The molecule has 0 radical (unpaired) electrons. The van der Waals surface area contributed by atoms with Crippen LogP contribution in [0, 0.1) is 11.8 Å². The third-order valence-corrected chi connectivity index (χ3v) is 7.10. The number of fused-ring (bicyclic) bond motifs is 2. The van der Waals surface area contributed by atoms with E-state index in [-0.39, 0.29) is 12.1 Å². The van der Waals surface area contributed by atoms with Gasteiger partial charge >= 0.3 is 0 Å². The van der Waals surface area contributed by atoms with Gasteiger partial charge < -0.3 is 15.5 Å². The van der Waals surface area contributed by atoms with Crippen LogP contribution in [0.15, 0.2) is 77.1 Å². The molecule has 1 aromatic carbocycles. The summed E-state index contributed by atoms with van der Waals surface area (Å²) < 4.78 is 0. The molecule has 1 aliphatic carbocycles. The number of hydrogen-bond acceptors (Lipinski definition) is 7. The molecule has 1 fully saturated rings. The minimum atomic E-state index is -0.0960. The van der Waals surface area contributed by atoms with Gasteiger partial charge in [0.05, 0.1) is 16.9 Å². The van der Waals surface area contributed by atoms with Crippen molar-refractivity contribution in [1.82, 2.24) is 19.8 Å². The van der Waals surface area contributed by atoms with Crippen molar-refractivity contribution in [3.8, 4) is 11.4 Å². The minimum absolute atomic E-state index is 0.0793. The highest BCUT2D eigenvalue weighted by molar-refractivity contribution is 5.99. The first-order valence-corrected chi connectivity index (χ1v) is 11.9. The number of aromatic nitrogens is 2. The Balaban J connectivity index is 1.34. The van der Waals surface area contributed by atoms with E-state index in [0.29, 0.717) is 11.8 Å². The SMILES string of the molecule is CN(C)CC1CC(C2=NC(c3ccc4ccc(-c5ccccn5)nc4c3)C3C(N)=NC=CN23)C1. The molecular formula is C27H29N7. The van der Waals surface area contributed by atoms with Crippen molar-refractivity contribution in [3.05, 3.63) is 72.7 Å². The lowest BCUT2D eigenvalue weighted by molar-refractivity contribution is 0.187. The molecule has 2 unspecified atom stereocenters. The first-order chi connectivity index (χ1) is 16.6. The Hall–Kier alpha value is -3.58. The van der Waals surface area contributed by atoms with Gasteiger partial charge in [0.2, 0.25) is 0 Å². The van der Waals surface area contributed by atoms with Gasteiger partial charge in [0.25, 0.3) is 0 Å². The van der Waals surface area contributed by atoms with Crippen molar-refractivity contribution in [2.75, 3.05) is 20.6 Å². The van der Waals surface area contributed by atoms with Crippen LogP contribution in [0.4, 0.5) is 0 Å². The molecule has 3 aliphatic rings.